The Kier molecular flexibility index (Phi) is 9.63. The minimum Gasteiger partial charge on any atom is -0.494 e. The van der Waals surface area contributed by atoms with E-state index in [0.29, 0.717) is 35.8 Å². The van der Waals surface area contributed by atoms with Crippen molar-refractivity contribution in [3.63, 3.8) is 0 Å². The zero-order chi connectivity index (χ0) is 24.9. The largest absolute Gasteiger partial charge is 0.494 e. The van der Waals surface area contributed by atoms with E-state index < -0.39 is 5.97 Å². The van der Waals surface area contributed by atoms with Crippen LogP contribution in [0.15, 0.2) is 90.6 Å². The molecule has 0 bridgehead atoms. The maximum atomic E-state index is 12.3. The Bertz CT molecular complexity index is 1150. The van der Waals surface area contributed by atoms with E-state index in [0.717, 1.165) is 17.5 Å². The molecule has 0 fully saturated rings. The number of carbonyl (C=O) groups excluding carboxylic acids is 2. The zero-order valence-electron chi connectivity index (χ0n) is 19.6. The first-order chi connectivity index (χ1) is 17.1. The van der Waals surface area contributed by atoms with E-state index in [1.807, 2.05) is 25.1 Å². The van der Waals surface area contributed by atoms with Gasteiger partial charge in [-0.15, -0.1) is 6.58 Å². The molecule has 1 amide bonds. The van der Waals surface area contributed by atoms with Gasteiger partial charge in [-0.2, -0.15) is 5.10 Å². The van der Waals surface area contributed by atoms with Crippen LogP contribution in [-0.4, -0.2) is 31.3 Å². The van der Waals surface area contributed by atoms with Crippen molar-refractivity contribution >= 4 is 18.1 Å². The number of carbonyl (C=O) groups is 2. The first-order valence-electron chi connectivity index (χ1n) is 11.3. The molecule has 0 atom stereocenters. The van der Waals surface area contributed by atoms with Crippen LogP contribution in [0.4, 0.5) is 0 Å². The first-order valence-corrected chi connectivity index (χ1v) is 11.3. The highest BCUT2D eigenvalue weighted by atomic mass is 16.5. The van der Waals surface area contributed by atoms with Gasteiger partial charge >= 0.3 is 5.97 Å². The molecule has 7 heteroatoms. The van der Waals surface area contributed by atoms with Gasteiger partial charge in [-0.05, 0) is 78.6 Å². The number of esters is 1. The molecule has 3 aromatic rings. The van der Waals surface area contributed by atoms with Gasteiger partial charge in [0, 0.05) is 0 Å². The maximum Gasteiger partial charge on any atom is 0.343 e. The average molecular weight is 473 g/mol. The van der Waals surface area contributed by atoms with Crippen LogP contribution in [0, 0.1) is 0 Å². The molecule has 180 valence electrons. The molecule has 3 rings (SSSR count). The lowest BCUT2D eigenvalue weighted by Crippen LogP contribution is -2.24. The van der Waals surface area contributed by atoms with Gasteiger partial charge in [-0.25, -0.2) is 10.2 Å². The summed E-state index contributed by atoms with van der Waals surface area (Å²) in [5.74, 6) is 0.899. The number of ether oxygens (including phenoxy) is 3. The molecule has 0 spiro atoms. The van der Waals surface area contributed by atoms with Gasteiger partial charge in [-0.1, -0.05) is 31.2 Å². The summed E-state index contributed by atoms with van der Waals surface area (Å²) in [7, 11) is 0. The van der Waals surface area contributed by atoms with Crippen LogP contribution in [-0.2, 0) is 11.2 Å². The van der Waals surface area contributed by atoms with Crippen LogP contribution in [0.5, 0.6) is 17.2 Å². The molecule has 0 heterocycles. The topological polar surface area (TPSA) is 86.2 Å². The Hall–Kier alpha value is -4.39. The minimum atomic E-state index is -0.463. The Labute approximate surface area is 205 Å². The molecule has 35 heavy (non-hydrogen) atoms. The number of nitrogens with one attached hydrogen (secondary N) is 1. The molecule has 0 aliphatic carbocycles. The van der Waals surface area contributed by atoms with Crippen LogP contribution in [0.3, 0.4) is 0 Å². The molecular formula is C28H28N2O5. The summed E-state index contributed by atoms with van der Waals surface area (Å²) in [4.78, 5) is 24.4. The molecule has 0 saturated carbocycles. The van der Waals surface area contributed by atoms with Crippen molar-refractivity contribution in [3.05, 3.63) is 102 Å². The SMILES string of the molecule is C=CCc1ccccc1OCC(=O)N/N=C\c1ccc(OC(=O)c2ccc(OCCC)cc2)cc1. The molecule has 0 aromatic heterocycles. The number of hydrogen-bond donors (Lipinski definition) is 1. The van der Waals surface area contributed by atoms with Crippen LogP contribution >= 0.6 is 0 Å². The smallest absolute Gasteiger partial charge is 0.343 e. The number of para-hydroxylation sites is 1. The van der Waals surface area contributed by atoms with Crippen molar-refractivity contribution in [1.29, 1.82) is 0 Å². The molecule has 0 unspecified atom stereocenters. The van der Waals surface area contributed by atoms with E-state index in [2.05, 4.69) is 17.1 Å². The molecule has 7 nitrogen and oxygen atoms in total. The van der Waals surface area contributed by atoms with Gasteiger partial charge in [0.25, 0.3) is 5.91 Å². The van der Waals surface area contributed by atoms with Gasteiger partial charge in [0.2, 0.25) is 0 Å². The number of hydrazone groups is 1. The predicted molar refractivity (Wildman–Crippen MR) is 135 cm³/mol. The third-order valence-corrected chi connectivity index (χ3v) is 4.75. The standard InChI is InChI=1S/C28H28N2O5/c1-3-7-22-8-5-6-9-26(22)34-20-27(31)30-29-19-21-10-14-25(15-11-21)35-28(32)23-12-16-24(17-13-23)33-18-4-2/h3,5-6,8-17,19H,1,4,7,18,20H2,2H3,(H,30,31)/b29-19-. The summed E-state index contributed by atoms with van der Waals surface area (Å²) in [6.07, 6.45) is 4.84. The van der Waals surface area contributed by atoms with Gasteiger partial charge in [-0.3, -0.25) is 4.79 Å². The van der Waals surface area contributed by atoms with Crippen LogP contribution in [0.2, 0.25) is 0 Å². The summed E-state index contributed by atoms with van der Waals surface area (Å²) in [6, 6.07) is 21.0. The fourth-order valence-corrected chi connectivity index (χ4v) is 3.02. The third-order valence-electron chi connectivity index (χ3n) is 4.75. The maximum absolute atomic E-state index is 12.3. The van der Waals surface area contributed by atoms with Crippen molar-refractivity contribution in [2.24, 2.45) is 5.10 Å². The van der Waals surface area contributed by atoms with Crippen LogP contribution in [0.25, 0.3) is 0 Å². The monoisotopic (exact) mass is 472 g/mol. The zero-order valence-corrected chi connectivity index (χ0v) is 19.6. The molecule has 3 aromatic carbocycles. The Morgan fingerprint density at radius 3 is 2.37 bits per heavy atom. The van der Waals surface area contributed by atoms with Crippen molar-refractivity contribution in [2.45, 2.75) is 19.8 Å². The van der Waals surface area contributed by atoms with E-state index in [9.17, 15) is 9.59 Å². The lowest BCUT2D eigenvalue weighted by Gasteiger charge is -2.09. The van der Waals surface area contributed by atoms with Crippen molar-refractivity contribution in [2.75, 3.05) is 13.2 Å². The average Bonchev–Trinajstić information content (AvgIpc) is 2.88. The third kappa shape index (κ3) is 8.16. The molecular weight excluding hydrogens is 444 g/mol. The van der Waals surface area contributed by atoms with Crippen LogP contribution < -0.4 is 19.6 Å². The van der Waals surface area contributed by atoms with E-state index in [1.165, 1.54) is 6.21 Å². The van der Waals surface area contributed by atoms with Crippen LogP contribution in [0.1, 0.15) is 34.8 Å². The number of allylic oxidation sites excluding steroid dienone is 1. The number of rotatable bonds is 12. The van der Waals surface area contributed by atoms with Crippen molar-refractivity contribution in [3.8, 4) is 17.2 Å². The van der Waals surface area contributed by atoms with Gasteiger partial charge < -0.3 is 14.2 Å². The number of benzene rings is 3. The first kappa shape index (κ1) is 25.2. The second kappa shape index (κ2) is 13.3. The second-order valence-corrected chi connectivity index (χ2v) is 7.51. The number of amides is 1. The normalized spacial score (nSPS) is 10.5. The summed E-state index contributed by atoms with van der Waals surface area (Å²) < 4.78 is 16.5. The van der Waals surface area contributed by atoms with Gasteiger partial charge in [0.15, 0.2) is 6.61 Å². The lowest BCUT2D eigenvalue weighted by atomic mass is 10.1. The quantitative estimate of drug-likeness (QED) is 0.132. The van der Waals surface area contributed by atoms with E-state index in [-0.39, 0.29) is 12.5 Å². The van der Waals surface area contributed by atoms with Crippen molar-refractivity contribution < 1.29 is 23.8 Å². The second-order valence-electron chi connectivity index (χ2n) is 7.51. The highest BCUT2D eigenvalue weighted by Gasteiger charge is 2.09. The van der Waals surface area contributed by atoms with Gasteiger partial charge in [0.1, 0.15) is 17.2 Å². The van der Waals surface area contributed by atoms with Gasteiger partial charge in [0.05, 0.1) is 18.4 Å². The summed E-state index contributed by atoms with van der Waals surface area (Å²) in [5.41, 5.74) is 4.53. The molecule has 0 aliphatic rings. The predicted octanol–water partition coefficient (Wildman–Crippen LogP) is 4.95. The summed E-state index contributed by atoms with van der Waals surface area (Å²) in [6.45, 7) is 6.22. The minimum absolute atomic E-state index is 0.161. The Morgan fingerprint density at radius 1 is 0.943 bits per heavy atom. The number of nitrogens with zero attached hydrogens (tertiary/aromatic N) is 1. The van der Waals surface area contributed by atoms with Crippen molar-refractivity contribution in [1.82, 2.24) is 5.43 Å². The highest BCUT2D eigenvalue weighted by Crippen LogP contribution is 2.19. The highest BCUT2D eigenvalue weighted by molar-refractivity contribution is 5.91. The molecule has 0 saturated heterocycles. The van der Waals surface area contributed by atoms with E-state index >= 15 is 0 Å². The Morgan fingerprint density at radius 2 is 1.66 bits per heavy atom. The fourth-order valence-electron chi connectivity index (χ4n) is 3.02. The molecule has 0 aliphatic heterocycles. The molecule has 0 radical (unpaired) electrons. The summed E-state index contributed by atoms with van der Waals surface area (Å²) >= 11 is 0. The van der Waals surface area contributed by atoms with E-state index in [1.54, 1.807) is 60.7 Å². The fraction of sp³-hybridized carbons (Fsp3) is 0.179. The molecule has 1 N–H and O–H groups in total. The summed E-state index contributed by atoms with van der Waals surface area (Å²) in [5, 5.41) is 3.94. The van der Waals surface area contributed by atoms with E-state index in [4.69, 9.17) is 14.2 Å². The Balaban J connectivity index is 1.45. The lowest BCUT2D eigenvalue weighted by molar-refractivity contribution is -0.123. The number of hydrogen-bond acceptors (Lipinski definition) is 6.